The molecule has 0 radical (unpaired) electrons. The summed E-state index contributed by atoms with van der Waals surface area (Å²) in [7, 11) is 0. The minimum Gasteiger partial charge on any atom is -0.346 e. The number of benzene rings is 1. The standard InChI is InChI=1S/C17H20ClF2N3O3/c1-8(2)21-16(25)17(26)23-5-4-11(9(23)3)15(24)22-10-6-12(18)14(20)13(19)7-10/h6-9,11H,4-5H2,1-3H3,(H,21,25)(H,22,24). The van der Waals surface area contributed by atoms with Crippen LogP contribution >= 0.6 is 11.6 Å². The molecular weight excluding hydrogens is 368 g/mol. The van der Waals surface area contributed by atoms with Gasteiger partial charge in [0, 0.05) is 30.4 Å². The highest BCUT2D eigenvalue weighted by atomic mass is 35.5. The number of carbonyl (C=O) groups excluding carboxylic acids is 3. The Hall–Kier alpha value is -2.22. The molecule has 2 rings (SSSR count). The van der Waals surface area contributed by atoms with Crippen molar-refractivity contribution in [1.29, 1.82) is 0 Å². The van der Waals surface area contributed by atoms with E-state index in [0.29, 0.717) is 6.42 Å². The monoisotopic (exact) mass is 387 g/mol. The molecular formula is C17H20ClF2N3O3. The molecule has 26 heavy (non-hydrogen) atoms. The molecule has 1 fully saturated rings. The number of nitrogens with zero attached hydrogens (tertiary/aromatic N) is 1. The first-order valence-electron chi connectivity index (χ1n) is 8.18. The van der Waals surface area contributed by atoms with Gasteiger partial charge in [-0.05, 0) is 33.3 Å². The molecule has 9 heteroatoms. The van der Waals surface area contributed by atoms with Crippen molar-refractivity contribution >= 4 is 35.0 Å². The highest BCUT2D eigenvalue weighted by molar-refractivity contribution is 6.35. The third-order valence-corrected chi connectivity index (χ3v) is 4.49. The number of halogens is 3. The third kappa shape index (κ3) is 4.30. The van der Waals surface area contributed by atoms with Crippen molar-refractivity contribution in [2.45, 2.75) is 39.3 Å². The first-order chi connectivity index (χ1) is 12.1. The van der Waals surface area contributed by atoms with Crippen LogP contribution in [0.4, 0.5) is 14.5 Å². The summed E-state index contributed by atoms with van der Waals surface area (Å²) in [6.07, 6.45) is 0.352. The van der Waals surface area contributed by atoms with Gasteiger partial charge < -0.3 is 15.5 Å². The Morgan fingerprint density at radius 3 is 2.50 bits per heavy atom. The molecule has 1 aromatic carbocycles. The van der Waals surface area contributed by atoms with E-state index in [1.165, 1.54) is 4.90 Å². The maximum Gasteiger partial charge on any atom is 0.312 e. The van der Waals surface area contributed by atoms with Crippen molar-refractivity contribution in [2.24, 2.45) is 5.92 Å². The molecule has 6 nitrogen and oxygen atoms in total. The van der Waals surface area contributed by atoms with Crippen molar-refractivity contribution in [2.75, 3.05) is 11.9 Å². The molecule has 142 valence electrons. The molecule has 3 amide bonds. The summed E-state index contributed by atoms with van der Waals surface area (Å²) in [6, 6.07) is 1.25. The molecule has 0 aliphatic carbocycles. The third-order valence-electron chi connectivity index (χ3n) is 4.22. The van der Waals surface area contributed by atoms with E-state index < -0.39 is 46.3 Å². The highest BCUT2D eigenvalue weighted by Gasteiger charge is 2.40. The molecule has 1 heterocycles. The van der Waals surface area contributed by atoms with Crippen LogP contribution in [0.3, 0.4) is 0 Å². The molecule has 0 aromatic heterocycles. The lowest BCUT2D eigenvalue weighted by atomic mass is 10.0. The van der Waals surface area contributed by atoms with Gasteiger partial charge >= 0.3 is 11.8 Å². The molecule has 2 N–H and O–H groups in total. The molecule has 1 aliphatic rings. The fraction of sp³-hybridized carbons (Fsp3) is 0.471. The molecule has 0 spiro atoms. The quantitative estimate of drug-likeness (QED) is 0.617. The fourth-order valence-electron chi connectivity index (χ4n) is 2.89. The zero-order chi connectivity index (χ0) is 19.6. The summed E-state index contributed by atoms with van der Waals surface area (Å²) in [6.45, 7) is 5.39. The van der Waals surface area contributed by atoms with Crippen LogP contribution < -0.4 is 10.6 Å². The van der Waals surface area contributed by atoms with Gasteiger partial charge in [-0.25, -0.2) is 8.78 Å². The SMILES string of the molecule is CC(C)NC(=O)C(=O)N1CCC(C(=O)Nc2cc(F)c(F)c(Cl)c2)C1C. The van der Waals surface area contributed by atoms with E-state index in [1.54, 1.807) is 20.8 Å². The minimum atomic E-state index is -1.19. The minimum absolute atomic E-state index is 0.0217. The van der Waals surface area contributed by atoms with Gasteiger partial charge in [0.2, 0.25) is 5.91 Å². The van der Waals surface area contributed by atoms with Crippen molar-refractivity contribution in [3.05, 3.63) is 28.8 Å². The van der Waals surface area contributed by atoms with Gasteiger partial charge in [0.05, 0.1) is 10.9 Å². The maximum absolute atomic E-state index is 13.4. The Morgan fingerprint density at radius 2 is 1.92 bits per heavy atom. The van der Waals surface area contributed by atoms with Crippen molar-refractivity contribution < 1.29 is 23.2 Å². The van der Waals surface area contributed by atoms with Gasteiger partial charge in [0.1, 0.15) is 0 Å². The topological polar surface area (TPSA) is 78.5 Å². The second-order valence-electron chi connectivity index (χ2n) is 6.51. The fourth-order valence-corrected chi connectivity index (χ4v) is 3.10. The van der Waals surface area contributed by atoms with Crippen LogP contribution in [0.1, 0.15) is 27.2 Å². The Balaban J connectivity index is 2.05. The molecule has 2 atom stereocenters. The summed E-state index contributed by atoms with van der Waals surface area (Å²) in [4.78, 5) is 37.9. The second kappa shape index (κ2) is 7.99. The van der Waals surface area contributed by atoms with Crippen LogP contribution in [0.5, 0.6) is 0 Å². The average Bonchev–Trinajstić information content (AvgIpc) is 2.92. The summed E-state index contributed by atoms with van der Waals surface area (Å²) >= 11 is 5.57. The van der Waals surface area contributed by atoms with E-state index in [0.717, 1.165) is 12.1 Å². The first kappa shape index (κ1) is 20.1. The van der Waals surface area contributed by atoms with Gasteiger partial charge in [-0.15, -0.1) is 0 Å². The van der Waals surface area contributed by atoms with E-state index in [9.17, 15) is 23.2 Å². The van der Waals surface area contributed by atoms with Gasteiger partial charge in [-0.3, -0.25) is 14.4 Å². The average molecular weight is 388 g/mol. The van der Waals surface area contributed by atoms with E-state index in [-0.39, 0.29) is 18.3 Å². The molecule has 1 saturated heterocycles. The Kier molecular flexibility index (Phi) is 6.17. The van der Waals surface area contributed by atoms with Gasteiger partial charge in [0.25, 0.3) is 0 Å². The van der Waals surface area contributed by atoms with Crippen LogP contribution in [-0.4, -0.2) is 41.2 Å². The lowest BCUT2D eigenvalue weighted by molar-refractivity contribution is -0.146. The predicted octanol–water partition coefficient (Wildman–Crippen LogP) is 2.32. The first-order valence-corrected chi connectivity index (χ1v) is 8.56. The van der Waals surface area contributed by atoms with Crippen LogP contribution in [0.15, 0.2) is 12.1 Å². The zero-order valence-electron chi connectivity index (χ0n) is 14.6. The lowest BCUT2D eigenvalue weighted by Gasteiger charge is -2.24. The number of rotatable bonds is 3. The van der Waals surface area contributed by atoms with E-state index in [1.807, 2.05) is 0 Å². The number of likely N-dealkylation sites (tertiary alicyclic amines) is 1. The summed E-state index contributed by atoms with van der Waals surface area (Å²) in [5.41, 5.74) is 0.0217. The van der Waals surface area contributed by atoms with Crippen molar-refractivity contribution in [1.82, 2.24) is 10.2 Å². The molecule has 0 saturated carbocycles. The normalized spacial score (nSPS) is 19.6. The molecule has 0 bridgehead atoms. The molecule has 1 aromatic rings. The van der Waals surface area contributed by atoms with E-state index in [2.05, 4.69) is 10.6 Å². The van der Waals surface area contributed by atoms with Gasteiger partial charge in [-0.1, -0.05) is 11.6 Å². The highest BCUT2D eigenvalue weighted by Crippen LogP contribution is 2.27. The molecule has 2 unspecified atom stereocenters. The summed E-state index contributed by atoms with van der Waals surface area (Å²) in [5.74, 6) is -4.82. The van der Waals surface area contributed by atoms with Crippen molar-refractivity contribution in [3.8, 4) is 0 Å². The van der Waals surface area contributed by atoms with Crippen LogP contribution in [0, 0.1) is 17.6 Å². The van der Waals surface area contributed by atoms with Crippen LogP contribution in [0.2, 0.25) is 5.02 Å². The van der Waals surface area contributed by atoms with Crippen LogP contribution in [0.25, 0.3) is 0 Å². The predicted molar refractivity (Wildman–Crippen MR) is 92.6 cm³/mol. The number of anilines is 1. The Bertz CT molecular complexity index is 719. The van der Waals surface area contributed by atoms with E-state index >= 15 is 0 Å². The number of amides is 3. The van der Waals surface area contributed by atoms with Crippen LogP contribution in [-0.2, 0) is 14.4 Å². The molecule has 1 aliphatic heterocycles. The second-order valence-corrected chi connectivity index (χ2v) is 6.91. The Labute approximate surface area is 154 Å². The van der Waals surface area contributed by atoms with E-state index in [4.69, 9.17) is 11.6 Å². The smallest absolute Gasteiger partial charge is 0.312 e. The zero-order valence-corrected chi connectivity index (χ0v) is 15.4. The number of carbonyl (C=O) groups is 3. The summed E-state index contributed by atoms with van der Waals surface area (Å²) in [5, 5.41) is 4.55. The van der Waals surface area contributed by atoms with Gasteiger partial charge in [-0.2, -0.15) is 0 Å². The maximum atomic E-state index is 13.4. The number of hydrogen-bond acceptors (Lipinski definition) is 3. The number of nitrogens with one attached hydrogen (secondary N) is 2. The van der Waals surface area contributed by atoms with Crippen molar-refractivity contribution in [3.63, 3.8) is 0 Å². The Morgan fingerprint density at radius 1 is 1.27 bits per heavy atom. The largest absolute Gasteiger partial charge is 0.346 e. The number of hydrogen-bond donors (Lipinski definition) is 2. The van der Waals surface area contributed by atoms with Gasteiger partial charge in [0.15, 0.2) is 11.6 Å². The summed E-state index contributed by atoms with van der Waals surface area (Å²) < 4.78 is 26.6. The lowest BCUT2D eigenvalue weighted by Crippen LogP contribution is -2.47.